The third kappa shape index (κ3) is 3.37. The van der Waals surface area contributed by atoms with Crippen LogP contribution in [0.15, 0.2) is 6.20 Å². The van der Waals surface area contributed by atoms with E-state index in [0.29, 0.717) is 0 Å². The molecule has 0 amide bonds. The minimum Gasteiger partial charge on any atom is -0.241 e. The van der Waals surface area contributed by atoms with Crippen molar-refractivity contribution in [1.82, 2.24) is 9.97 Å². The van der Waals surface area contributed by atoms with Crippen LogP contribution in [-0.4, -0.2) is 9.97 Å². The monoisotopic (exact) mass is 256 g/mol. The van der Waals surface area contributed by atoms with Crippen molar-refractivity contribution in [2.75, 3.05) is 0 Å². The molecule has 2 nitrogen and oxygen atoms in total. The Morgan fingerprint density at radius 1 is 1.36 bits per heavy atom. The van der Waals surface area contributed by atoms with Crippen LogP contribution in [0.3, 0.4) is 0 Å². The Hall–Kier alpha value is -0.440. The summed E-state index contributed by atoms with van der Waals surface area (Å²) < 4.78 is 0. The first kappa shape index (κ1) is 11.6. The quantitative estimate of drug-likeness (QED) is 0.760. The highest BCUT2D eigenvalue weighted by atomic mass is 79.9. The first-order valence-corrected chi connectivity index (χ1v) is 5.92. The summed E-state index contributed by atoms with van der Waals surface area (Å²) in [6, 6.07) is 0. The molecule has 0 aromatic carbocycles. The molecule has 0 aliphatic rings. The summed E-state index contributed by atoms with van der Waals surface area (Å²) in [5.41, 5.74) is 2.50. The van der Waals surface area contributed by atoms with Crippen molar-refractivity contribution in [1.29, 1.82) is 0 Å². The Bertz CT molecular complexity index is 316. The topological polar surface area (TPSA) is 25.8 Å². The van der Waals surface area contributed by atoms with Crippen molar-refractivity contribution in [2.24, 2.45) is 5.41 Å². The van der Waals surface area contributed by atoms with E-state index >= 15 is 0 Å². The van der Waals surface area contributed by atoms with Gasteiger partial charge in [0.05, 0.1) is 5.69 Å². The average molecular weight is 257 g/mol. The zero-order valence-corrected chi connectivity index (χ0v) is 10.8. The van der Waals surface area contributed by atoms with Crippen molar-refractivity contribution in [3.8, 4) is 0 Å². The van der Waals surface area contributed by atoms with Gasteiger partial charge >= 0.3 is 0 Å². The van der Waals surface area contributed by atoms with Crippen LogP contribution in [0.5, 0.6) is 0 Å². The lowest BCUT2D eigenvalue weighted by Gasteiger charge is -2.17. The molecule has 0 fully saturated rings. The van der Waals surface area contributed by atoms with Crippen LogP contribution < -0.4 is 0 Å². The normalized spacial score (nSPS) is 11.8. The van der Waals surface area contributed by atoms with Crippen LogP contribution in [0, 0.1) is 12.3 Å². The molecular weight excluding hydrogens is 240 g/mol. The van der Waals surface area contributed by atoms with E-state index in [1.807, 2.05) is 13.1 Å². The van der Waals surface area contributed by atoms with Crippen LogP contribution in [0.1, 0.15) is 37.9 Å². The zero-order chi connectivity index (χ0) is 10.8. The third-order valence-corrected chi connectivity index (χ3v) is 2.47. The summed E-state index contributed by atoms with van der Waals surface area (Å²) in [7, 11) is 0. The highest BCUT2D eigenvalue weighted by Crippen LogP contribution is 2.19. The van der Waals surface area contributed by atoms with E-state index in [-0.39, 0.29) is 5.41 Å². The van der Waals surface area contributed by atoms with Gasteiger partial charge in [0.1, 0.15) is 5.82 Å². The number of alkyl halides is 1. The highest BCUT2D eigenvalue weighted by Gasteiger charge is 2.13. The number of hydrogen-bond acceptors (Lipinski definition) is 2. The van der Waals surface area contributed by atoms with E-state index in [1.54, 1.807) is 0 Å². The lowest BCUT2D eigenvalue weighted by molar-refractivity contribution is 0.400. The summed E-state index contributed by atoms with van der Waals surface area (Å²) >= 11 is 3.43. The fourth-order valence-corrected chi connectivity index (χ4v) is 1.78. The van der Waals surface area contributed by atoms with E-state index in [4.69, 9.17) is 0 Å². The highest BCUT2D eigenvalue weighted by molar-refractivity contribution is 9.08. The average Bonchev–Trinajstić information content (AvgIpc) is 2.06. The molecule has 1 aromatic heterocycles. The molecule has 0 saturated heterocycles. The van der Waals surface area contributed by atoms with Gasteiger partial charge in [-0.25, -0.2) is 9.97 Å². The van der Waals surface area contributed by atoms with Crippen LogP contribution in [0.2, 0.25) is 0 Å². The van der Waals surface area contributed by atoms with Crippen LogP contribution in [0.25, 0.3) is 0 Å². The Balaban J connectivity index is 2.90. The largest absolute Gasteiger partial charge is 0.241 e. The second kappa shape index (κ2) is 4.39. The van der Waals surface area contributed by atoms with Gasteiger partial charge in [0.15, 0.2) is 0 Å². The minimum absolute atomic E-state index is 0.249. The van der Waals surface area contributed by atoms with Crippen molar-refractivity contribution >= 4 is 15.9 Å². The maximum absolute atomic E-state index is 4.52. The lowest BCUT2D eigenvalue weighted by atomic mass is 9.92. The van der Waals surface area contributed by atoms with Crippen molar-refractivity contribution in [3.05, 3.63) is 23.3 Å². The van der Waals surface area contributed by atoms with Crippen LogP contribution in [-0.2, 0) is 11.8 Å². The number of halogens is 1. The molecule has 1 rings (SSSR count). The Morgan fingerprint density at radius 3 is 2.50 bits per heavy atom. The molecule has 0 aliphatic carbocycles. The fraction of sp³-hybridized carbons (Fsp3) is 0.636. The van der Waals surface area contributed by atoms with Gasteiger partial charge in [-0.15, -0.1) is 0 Å². The second-order valence-electron chi connectivity index (χ2n) is 4.79. The number of aromatic nitrogens is 2. The van der Waals surface area contributed by atoms with Crippen LogP contribution in [0.4, 0.5) is 0 Å². The summed E-state index contributed by atoms with van der Waals surface area (Å²) in [6.07, 6.45) is 2.83. The first-order valence-electron chi connectivity index (χ1n) is 4.80. The molecule has 1 aromatic rings. The molecule has 0 unspecified atom stereocenters. The Morgan fingerprint density at radius 2 is 2.00 bits per heavy atom. The summed E-state index contributed by atoms with van der Waals surface area (Å²) in [5.74, 6) is 0.942. The molecule has 14 heavy (non-hydrogen) atoms. The number of hydrogen-bond donors (Lipinski definition) is 0. The third-order valence-electron chi connectivity index (χ3n) is 1.94. The summed E-state index contributed by atoms with van der Waals surface area (Å²) in [6.45, 7) is 8.63. The van der Waals surface area contributed by atoms with Gasteiger partial charge < -0.3 is 0 Å². The molecule has 0 bridgehead atoms. The van der Waals surface area contributed by atoms with Crippen molar-refractivity contribution in [2.45, 2.75) is 39.4 Å². The molecule has 0 spiro atoms. The van der Waals surface area contributed by atoms with Crippen LogP contribution >= 0.6 is 15.9 Å². The minimum atomic E-state index is 0.249. The summed E-state index contributed by atoms with van der Waals surface area (Å²) in [4.78, 5) is 8.86. The zero-order valence-electron chi connectivity index (χ0n) is 9.26. The van der Waals surface area contributed by atoms with Gasteiger partial charge in [-0.2, -0.15) is 0 Å². The van der Waals surface area contributed by atoms with Gasteiger partial charge in [-0.3, -0.25) is 0 Å². The fourth-order valence-electron chi connectivity index (χ4n) is 1.21. The molecule has 0 atom stereocenters. The standard InChI is InChI=1S/C11H17BrN2/c1-8-7-13-10(5-11(2,3)4)14-9(8)6-12/h7H,5-6H2,1-4H3. The SMILES string of the molecule is Cc1cnc(CC(C)(C)C)nc1CBr. The van der Waals surface area contributed by atoms with E-state index in [0.717, 1.165) is 28.8 Å². The molecule has 0 N–H and O–H groups in total. The van der Waals surface area contributed by atoms with E-state index in [2.05, 4.69) is 46.7 Å². The predicted octanol–water partition coefficient (Wildman–Crippen LogP) is 3.27. The number of nitrogens with zero attached hydrogens (tertiary/aromatic N) is 2. The van der Waals surface area contributed by atoms with Gasteiger partial charge in [0, 0.05) is 17.9 Å². The van der Waals surface area contributed by atoms with Gasteiger partial charge in [0.2, 0.25) is 0 Å². The Labute approximate surface area is 94.3 Å². The molecule has 78 valence electrons. The maximum Gasteiger partial charge on any atom is 0.129 e. The van der Waals surface area contributed by atoms with Crippen molar-refractivity contribution in [3.63, 3.8) is 0 Å². The smallest absolute Gasteiger partial charge is 0.129 e. The second-order valence-corrected chi connectivity index (χ2v) is 5.35. The maximum atomic E-state index is 4.52. The summed E-state index contributed by atoms with van der Waals surface area (Å²) in [5, 5.41) is 0.804. The molecule has 0 radical (unpaired) electrons. The molecule has 3 heteroatoms. The molecule has 0 saturated carbocycles. The molecular formula is C11H17BrN2. The first-order chi connectivity index (χ1) is 6.42. The van der Waals surface area contributed by atoms with E-state index in [9.17, 15) is 0 Å². The van der Waals surface area contributed by atoms with Crippen molar-refractivity contribution < 1.29 is 0 Å². The Kier molecular flexibility index (Phi) is 3.65. The van der Waals surface area contributed by atoms with E-state index in [1.165, 1.54) is 0 Å². The number of rotatable bonds is 2. The lowest BCUT2D eigenvalue weighted by Crippen LogP contribution is -2.13. The van der Waals surface area contributed by atoms with Gasteiger partial charge in [-0.05, 0) is 17.9 Å². The predicted molar refractivity (Wildman–Crippen MR) is 62.6 cm³/mol. The molecule has 1 heterocycles. The van der Waals surface area contributed by atoms with Gasteiger partial charge in [-0.1, -0.05) is 36.7 Å². The van der Waals surface area contributed by atoms with Gasteiger partial charge in [0.25, 0.3) is 0 Å². The number of aryl methyl sites for hydroxylation is 1. The molecule has 0 aliphatic heterocycles. The van der Waals surface area contributed by atoms with E-state index < -0.39 is 0 Å².